The van der Waals surface area contributed by atoms with Crippen molar-refractivity contribution in [2.24, 2.45) is 0 Å². The van der Waals surface area contributed by atoms with Crippen molar-refractivity contribution < 1.29 is 29.0 Å². The smallest absolute Gasteiger partial charge is 0.317 e. The van der Waals surface area contributed by atoms with Crippen molar-refractivity contribution in [1.82, 2.24) is 0 Å². The molecule has 0 saturated heterocycles. The Morgan fingerprint density at radius 1 is 1.00 bits per heavy atom. The minimum absolute atomic E-state index is 0.290. The number of ether oxygens (including phenoxy) is 2. The van der Waals surface area contributed by atoms with Gasteiger partial charge >= 0.3 is 11.9 Å². The summed E-state index contributed by atoms with van der Waals surface area (Å²) in [6.45, 7) is 5.95. The van der Waals surface area contributed by atoms with E-state index in [1.165, 1.54) is 0 Å². The highest BCUT2D eigenvalue weighted by Crippen LogP contribution is 2.02. The van der Waals surface area contributed by atoms with Crippen LogP contribution in [0.5, 0.6) is 5.75 Å². The van der Waals surface area contributed by atoms with Crippen LogP contribution in [0, 0.1) is 0 Å². The molecule has 1 aromatic carbocycles. The number of hydrogen-bond acceptors (Lipinski definition) is 6. The van der Waals surface area contributed by atoms with Gasteiger partial charge in [0.15, 0.2) is 0 Å². The van der Waals surface area contributed by atoms with Crippen LogP contribution in [0.1, 0.15) is 20.3 Å². The highest BCUT2D eigenvalue weighted by Gasteiger charge is 2.09. The van der Waals surface area contributed by atoms with Crippen LogP contribution >= 0.6 is 0 Å². The molecule has 6 nitrogen and oxygen atoms in total. The number of carbonyl (C=O) groups is 3. The molecule has 112 valence electrons. The third kappa shape index (κ3) is 13.7. The average Bonchev–Trinajstić information content (AvgIpc) is 2.43. The lowest BCUT2D eigenvalue weighted by Gasteiger charge is -2.00. The van der Waals surface area contributed by atoms with Crippen molar-refractivity contribution in [3.05, 3.63) is 30.3 Å². The van der Waals surface area contributed by atoms with E-state index in [0.29, 0.717) is 5.75 Å². The molecule has 20 heavy (non-hydrogen) atoms. The van der Waals surface area contributed by atoms with Crippen LogP contribution in [0.2, 0.25) is 0 Å². The Labute approximate surface area is 118 Å². The van der Waals surface area contributed by atoms with Crippen molar-refractivity contribution in [2.45, 2.75) is 20.3 Å². The molecule has 0 fully saturated rings. The molecule has 0 aromatic heterocycles. The quantitative estimate of drug-likeness (QED) is 0.668. The summed E-state index contributed by atoms with van der Waals surface area (Å²) >= 11 is 0. The van der Waals surface area contributed by atoms with Gasteiger partial charge in [-0.2, -0.15) is 0 Å². The van der Waals surface area contributed by atoms with E-state index in [0.717, 1.165) is 0 Å². The van der Waals surface area contributed by atoms with E-state index in [-0.39, 0.29) is 19.6 Å². The SMILES string of the molecule is C=O.CCOC(=O)CC(=O)OCC.Oc1ccccc1. The maximum atomic E-state index is 10.6. The first-order chi connectivity index (χ1) is 9.60. The maximum absolute atomic E-state index is 10.6. The molecule has 0 radical (unpaired) electrons. The predicted molar refractivity (Wildman–Crippen MR) is 73.1 cm³/mol. The van der Waals surface area contributed by atoms with Crippen molar-refractivity contribution in [3.8, 4) is 5.75 Å². The minimum Gasteiger partial charge on any atom is -0.508 e. The van der Waals surface area contributed by atoms with Crippen LogP contribution in [0.15, 0.2) is 30.3 Å². The van der Waals surface area contributed by atoms with Crippen LogP contribution in [0.4, 0.5) is 0 Å². The van der Waals surface area contributed by atoms with Gasteiger partial charge in [0, 0.05) is 0 Å². The van der Waals surface area contributed by atoms with Gasteiger partial charge in [-0.05, 0) is 26.0 Å². The second-order valence-corrected chi connectivity index (χ2v) is 3.12. The summed E-state index contributed by atoms with van der Waals surface area (Å²) in [5.41, 5.74) is 0. The Hall–Kier alpha value is -2.37. The number of rotatable bonds is 4. The molecule has 0 atom stereocenters. The van der Waals surface area contributed by atoms with E-state index in [4.69, 9.17) is 9.90 Å². The van der Waals surface area contributed by atoms with Gasteiger partial charge in [-0.25, -0.2) is 0 Å². The topological polar surface area (TPSA) is 89.9 Å². The third-order valence-electron chi connectivity index (χ3n) is 1.66. The van der Waals surface area contributed by atoms with Gasteiger partial charge in [0.1, 0.15) is 19.0 Å². The second-order valence-electron chi connectivity index (χ2n) is 3.12. The highest BCUT2D eigenvalue weighted by molar-refractivity contribution is 5.91. The molecule has 1 aromatic rings. The van der Waals surface area contributed by atoms with E-state index in [1.54, 1.807) is 38.1 Å². The standard InChI is InChI=1S/C7H12O4.C6H6O.CH2O/c1-3-10-6(8)5-7(9)11-4-2;7-6-4-2-1-3-5-6;1-2/h3-5H2,1-2H3;1-5,7H;1H2. The molecule has 0 aliphatic rings. The molecular formula is C14H20O6. The Bertz CT molecular complexity index is 347. The van der Waals surface area contributed by atoms with Crippen molar-refractivity contribution in [2.75, 3.05) is 13.2 Å². The first-order valence-electron chi connectivity index (χ1n) is 5.94. The van der Waals surface area contributed by atoms with Gasteiger partial charge in [0.25, 0.3) is 0 Å². The summed E-state index contributed by atoms with van der Waals surface area (Å²) in [6, 6.07) is 8.71. The number of aromatic hydroxyl groups is 1. The second kappa shape index (κ2) is 14.7. The van der Waals surface area contributed by atoms with E-state index in [2.05, 4.69) is 9.47 Å². The average molecular weight is 284 g/mol. The fourth-order valence-electron chi connectivity index (χ4n) is 0.970. The van der Waals surface area contributed by atoms with Crippen LogP contribution in [-0.2, 0) is 23.9 Å². The molecule has 0 unspecified atom stereocenters. The summed E-state index contributed by atoms with van der Waals surface area (Å²) in [5.74, 6) is -0.751. The zero-order chi connectivity index (χ0) is 15.8. The highest BCUT2D eigenvalue weighted by atomic mass is 16.5. The number of para-hydroxylation sites is 1. The van der Waals surface area contributed by atoms with Crippen molar-refractivity contribution in [1.29, 1.82) is 0 Å². The van der Waals surface area contributed by atoms with Crippen molar-refractivity contribution in [3.63, 3.8) is 0 Å². The molecule has 6 heteroatoms. The predicted octanol–water partition coefficient (Wildman–Crippen LogP) is 1.71. The number of phenols is 1. The summed E-state index contributed by atoms with van der Waals surface area (Å²) in [4.78, 5) is 29.2. The molecule has 1 N–H and O–H groups in total. The number of carbonyl (C=O) groups excluding carboxylic acids is 3. The van der Waals surface area contributed by atoms with Gasteiger partial charge in [0.05, 0.1) is 13.2 Å². The van der Waals surface area contributed by atoms with Crippen LogP contribution < -0.4 is 0 Å². The zero-order valence-corrected chi connectivity index (χ0v) is 11.7. The lowest BCUT2D eigenvalue weighted by molar-refractivity contribution is -0.153. The molecular weight excluding hydrogens is 264 g/mol. The Kier molecular flexibility index (Phi) is 14.7. The summed E-state index contributed by atoms with van der Waals surface area (Å²) in [6.07, 6.45) is -0.290. The lowest BCUT2D eigenvalue weighted by Crippen LogP contribution is -2.13. The number of phenolic OH excluding ortho intramolecular Hbond substituents is 1. The summed E-state index contributed by atoms with van der Waals surface area (Å²) < 4.78 is 9.04. The van der Waals surface area contributed by atoms with Crippen LogP contribution in [-0.4, -0.2) is 37.0 Å². The van der Waals surface area contributed by atoms with Gasteiger partial charge in [-0.15, -0.1) is 0 Å². The Morgan fingerprint density at radius 3 is 1.65 bits per heavy atom. The molecule has 0 heterocycles. The van der Waals surface area contributed by atoms with E-state index < -0.39 is 11.9 Å². The number of benzene rings is 1. The number of hydrogen-bond donors (Lipinski definition) is 1. The van der Waals surface area contributed by atoms with E-state index >= 15 is 0 Å². The van der Waals surface area contributed by atoms with E-state index in [1.807, 2.05) is 12.9 Å². The molecule has 0 aliphatic carbocycles. The number of esters is 2. The minimum atomic E-state index is -0.536. The first kappa shape index (κ1) is 20.0. The van der Waals surface area contributed by atoms with Crippen molar-refractivity contribution >= 4 is 18.7 Å². The summed E-state index contributed by atoms with van der Waals surface area (Å²) in [5, 5.41) is 8.63. The molecule has 0 bridgehead atoms. The zero-order valence-electron chi connectivity index (χ0n) is 11.7. The fourth-order valence-corrected chi connectivity index (χ4v) is 0.970. The van der Waals surface area contributed by atoms with Crippen LogP contribution in [0.3, 0.4) is 0 Å². The summed E-state index contributed by atoms with van der Waals surface area (Å²) in [7, 11) is 0. The Balaban J connectivity index is 0. The fraction of sp³-hybridized carbons (Fsp3) is 0.357. The Morgan fingerprint density at radius 2 is 1.40 bits per heavy atom. The molecule has 0 amide bonds. The van der Waals surface area contributed by atoms with E-state index in [9.17, 15) is 9.59 Å². The third-order valence-corrected chi connectivity index (χ3v) is 1.66. The molecule has 1 rings (SSSR count). The lowest BCUT2D eigenvalue weighted by atomic mass is 10.3. The monoisotopic (exact) mass is 284 g/mol. The van der Waals surface area contributed by atoms with Crippen LogP contribution in [0.25, 0.3) is 0 Å². The normalized spacial score (nSPS) is 8.10. The molecule has 0 spiro atoms. The van der Waals surface area contributed by atoms with Gasteiger partial charge in [0.2, 0.25) is 0 Å². The first-order valence-corrected chi connectivity index (χ1v) is 5.94. The molecule has 0 saturated carbocycles. The van der Waals surface area contributed by atoms with Gasteiger partial charge in [-0.3, -0.25) is 9.59 Å². The van der Waals surface area contributed by atoms with Gasteiger partial charge in [-0.1, -0.05) is 18.2 Å². The van der Waals surface area contributed by atoms with Gasteiger partial charge < -0.3 is 19.4 Å². The molecule has 0 aliphatic heterocycles. The largest absolute Gasteiger partial charge is 0.508 e. The maximum Gasteiger partial charge on any atom is 0.317 e.